The van der Waals surface area contributed by atoms with E-state index in [1.54, 1.807) is 0 Å². The highest BCUT2D eigenvalue weighted by Gasteiger charge is 2.37. The van der Waals surface area contributed by atoms with E-state index in [1.165, 1.54) is 36.9 Å². The van der Waals surface area contributed by atoms with Gasteiger partial charge in [-0.1, -0.05) is 38.0 Å². The van der Waals surface area contributed by atoms with Crippen molar-refractivity contribution in [3.05, 3.63) is 29.8 Å². The minimum Gasteiger partial charge on any atom is -0.384 e. The second-order valence-electron chi connectivity index (χ2n) is 5.14. The third-order valence-electron chi connectivity index (χ3n) is 3.98. The van der Waals surface area contributed by atoms with Crippen LogP contribution in [0.25, 0.3) is 0 Å². The van der Waals surface area contributed by atoms with Gasteiger partial charge in [-0.25, -0.2) is 0 Å². The Kier molecular flexibility index (Phi) is 4.06. The first kappa shape index (κ1) is 12.4. The molecule has 2 rings (SSSR count). The molecule has 1 unspecified atom stereocenters. The van der Waals surface area contributed by atoms with Crippen molar-refractivity contribution in [1.82, 2.24) is 5.32 Å². The minimum atomic E-state index is 0.357. The minimum absolute atomic E-state index is 0.357. The maximum Gasteiger partial charge on any atom is 0.0379 e. The van der Waals surface area contributed by atoms with Crippen molar-refractivity contribution in [2.45, 2.75) is 38.0 Å². The first-order valence-corrected chi connectivity index (χ1v) is 6.80. The summed E-state index contributed by atoms with van der Waals surface area (Å²) in [5.74, 6) is 0. The number of para-hydroxylation sites is 1. The molecular formula is C15H24N2. The fraction of sp³-hybridized carbons (Fsp3) is 0.600. The molecule has 1 aromatic carbocycles. The van der Waals surface area contributed by atoms with E-state index >= 15 is 0 Å². The fourth-order valence-corrected chi connectivity index (χ4v) is 2.91. The van der Waals surface area contributed by atoms with Crippen LogP contribution in [-0.4, -0.2) is 20.1 Å². The summed E-state index contributed by atoms with van der Waals surface area (Å²) >= 11 is 0. The number of unbranched alkanes of at least 4 members (excludes halogenated alkanes) is 1. The van der Waals surface area contributed by atoms with Gasteiger partial charge in [0.15, 0.2) is 0 Å². The van der Waals surface area contributed by atoms with Crippen molar-refractivity contribution in [3.63, 3.8) is 0 Å². The van der Waals surface area contributed by atoms with Crippen molar-refractivity contribution in [3.8, 4) is 0 Å². The van der Waals surface area contributed by atoms with Gasteiger partial charge < -0.3 is 10.6 Å². The van der Waals surface area contributed by atoms with E-state index in [9.17, 15) is 0 Å². The van der Waals surface area contributed by atoms with Gasteiger partial charge >= 0.3 is 0 Å². The maximum atomic E-state index is 3.58. The van der Waals surface area contributed by atoms with Crippen LogP contribution in [0.2, 0.25) is 0 Å². The third kappa shape index (κ3) is 2.47. The predicted molar refractivity (Wildman–Crippen MR) is 74.7 cm³/mol. The molecule has 1 atom stereocenters. The summed E-state index contributed by atoms with van der Waals surface area (Å²) < 4.78 is 0. The van der Waals surface area contributed by atoms with E-state index in [-0.39, 0.29) is 0 Å². The van der Waals surface area contributed by atoms with E-state index in [0.717, 1.165) is 13.1 Å². The Morgan fingerprint density at radius 2 is 2.12 bits per heavy atom. The molecule has 17 heavy (non-hydrogen) atoms. The van der Waals surface area contributed by atoms with Crippen LogP contribution < -0.4 is 10.6 Å². The largest absolute Gasteiger partial charge is 0.384 e. The topological polar surface area (TPSA) is 24.1 Å². The Morgan fingerprint density at radius 1 is 1.29 bits per heavy atom. The zero-order chi connectivity index (χ0) is 12.1. The van der Waals surface area contributed by atoms with Gasteiger partial charge in [0, 0.05) is 17.6 Å². The van der Waals surface area contributed by atoms with Crippen LogP contribution in [0, 0.1) is 0 Å². The molecule has 1 aliphatic heterocycles. The maximum absolute atomic E-state index is 3.58. The molecule has 1 aromatic rings. The number of rotatable bonds is 6. The Hall–Kier alpha value is -1.02. The van der Waals surface area contributed by atoms with Gasteiger partial charge in [-0.15, -0.1) is 0 Å². The van der Waals surface area contributed by atoms with Crippen LogP contribution >= 0.6 is 0 Å². The second-order valence-corrected chi connectivity index (χ2v) is 5.14. The number of fused-ring (bicyclic) bond motifs is 1. The zero-order valence-electron chi connectivity index (χ0n) is 11.1. The number of hydrogen-bond donors (Lipinski definition) is 2. The van der Waals surface area contributed by atoms with Crippen LogP contribution in [0.5, 0.6) is 0 Å². The number of anilines is 1. The Balaban J connectivity index is 2.22. The molecule has 0 radical (unpaired) electrons. The van der Waals surface area contributed by atoms with Gasteiger partial charge in [-0.2, -0.15) is 0 Å². The normalized spacial score (nSPS) is 22.2. The monoisotopic (exact) mass is 232 g/mol. The summed E-state index contributed by atoms with van der Waals surface area (Å²) in [5, 5.41) is 6.88. The quantitative estimate of drug-likeness (QED) is 0.787. The summed E-state index contributed by atoms with van der Waals surface area (Å²) in [4.78, 5) is 0. The summed E-state index contributed by atoms with van der Waals surface area (Å²) in [6.07, 6.45) is 5.13. The standard InChI is InChI=1S/C15H24N2/c1-3-4-9-15(10-11-16-2)12-17-14-8-6-5-7-13(14)15/h5-8,16-17H,3-4,9-12H2,1-2H3. The molecule has 0 aromatic heterocycles. The number of benzene rings is 1. The SMILES string of the molecule is CCCCC1(CCNC)CNc2ccccc21. The van der Waals surface area contributed by atoms with E-state index in [0.29, 0.717) is 5.41 Å². The average Bonchev–Trinajstić information content (AvgIpc) is 2.74. The lowest BCUT2D eigenvalue weighted by Gasteiger charge is -2.29. The molecule has 0 fully saturated rings. The van der Waals surface area contributed by atoms with Crippen molar-refractivity contribution in [2.75, 3.05) is 25.5 Å². The molecule has 2 heteroatoms. The van der Waals surface area contributed by atoms with Crippen LogP contribution in [-0.2, 0) is 5.41 Å². The zero-order valence-corrected chi connectivity index (χ0v) is 11.1. The van der Waals surface area contributed by atoms with Gasteiger partial charge in [-0.3, -0.25) is 0 Å². The van der Waals surface area contributed by atoms with E-state index in [4.69, 9.17) is 0 Å². The molecule has 1 heterocycles. The van der Waals surface area contributed by atoms with Crippen LogP contribution in [0.4, 0.5) is 5.69 Å². The number of nitrogens with one attached hydrogen (secondary N) is 2. The van der Waals surface area contributed by atoms with Gasteiger partial charge in [0.2, 0.25) is 0 Å². The first-order valence-electron chi connectivity index (χ1n) is 6.80. The lowest BCUT2D eigenvalue weighted by Crippen LogP contribution is -2.32. The summed E-state index contributed by atoms with van der Waals surface area (Å²) in [6.45, 7) is 4.48. The van der Waals surface area contributed by atoms with Gasteiger partial charge in [0.1, 0.15) is 0 Å². The van der Waals surface area contributed by atoms with Crippen molar-refractivity contribution in [1.29, 1.82) is 0 Å². The fourth-order valence-electron chi connectivity index (χ4n) is 2.91. The Morgan fingerprint density at radius 3 is 2.88 bits per heavy atom. The molecule has 0 saturated heterocycles. The number of hydrogen-bond acceptors (Lipinski definition) is 2. The van der Waals surface area contributed by atoms with Crippen LogP contribution in [0.3, 0.4) is 0 Å². The predicted octanol–water partition coefficient (Wildman–Crippen LogP) is 3.15. The first-order chi connectivity index (χ1) is 8.32. The molecule has 0 amide bonds. The highest BCUT2D eigenvalue weighted by atomic mass is 14.9. The van der Waals surface area contributed by atoms with Gasteiger partial charge in [0.25, 0.3) is 0 Å². The summed E-state index contributed by atoms with van der Waals surface area (Å²) in [5.41, 5.74) is 3.23. The lowest BCUT2D eigenvalue weighted by molar-refractivity contribution is 0.382. The molecule has 0 saturated carbocycles. The van der Waals surface area contributed by atoms with Crippen molar-refractivity contribution < 1.29 is 0 Å². The van der Waals surface area contributed by atoms with Crippen molar-refractivity contribution >= 4 is 5.69 Å². The third-order valence-corrected chi connectivity index (χ3v) is 3.98. The highest BCUT2D eigenvalue weighted by molar-refractivity contribution is 5.60. The smallest absolute Gasteiger partial charge is 0.0379 e. The van der Waals surface area contributed by atoms with Gasteiger partial charge in [0.05, 0.1) is 0 Å². The molecule has 94 valence electrons. The molecule has 0 aliphatic carbocycles. The molecular weight excluding hydrogens is 208 g/mol. The van der Waals surface area contributed by atoms with Crippen molar-refractivity contribution in [2.24, 2.45) is 0 Å². The highest BCUT2D eigenvalue weighted by Crippen LogP contribution is 2.42. The van der Waals surface area contributed by atoms with E-state index in [2.05, 4.69) is 41.8 Å². The van der Waals surface area contributed by atoms with E-state index < -0.39 is 0 Å². The Bertz CT molecular complexity index is 352. The van der Waals surface area contributed by atoms with Gasteiger partial charge in [-0.05, 0) is 38.1 Å². The van der Waals surface area contributed by atoms with E-state index in [1.807, 2.05) is 7.05 Å². The Labute approximate surface area is 105 Å². The lowest BCUT2D eigenvalue weighted by atomic mass is 9.75. The average molecular weight is 232 g/mol. The molecule has 1 aliphatic rings. The second kappa shape index (κ2) is 5.54. The van der Waals surface area contributed by atoms with Crippen LogP contribution in [0.15, 0.2) is 24.3 Å². The van der Waals surface area contributed by atoms with Crippen LogP contribution in [0.1, 0.15) is 38.2 Å². The molecule has 2 nitrogen and oxygen atoms in total. The summed E-state index contributed by atoms with van der Waals surface area (Å²) in [7, 11) is 2.04. The molecule has 2 N–H and O–H groups in total. The molecule has 0 bridgehead atoms. The molecule has 0 spiro atoms. The summed E-state index contributed by atoms with van der Waals surface area (Å²) in [6, 6.07) is 8.81.